The van der Waals surface area contributed by atoms with Gasteiger partial charge in [0, 0.05) is 17.0 Å². The molecule has 138 valence electrons. The zero-order valence-corrected chi connectivity index (χ0v) is 16.5. The van der Waals surface area contributed by atoms with E-state index in [-0.39, 0.29) is 0 Å². The highest BCUT2D eigenvalue weighted by molar-refractivity contribution is 6.05. The lowest BCUT2D eigenvalue weighted by Gasteiger charge is -2.19. The van der Waals surface area contributed by atoms with Crippen LogP contribution in [0.15, 0.2) is 52.2 Å². The minimum Gasteiger partial charge on any atom is -0.358 e. The van der Waals surface area contributed by atoms with Gasteiger partial charge in [-0.3, -0.25) is 4.99 Å². The number of rotatable bonds is 2. The van der Waals surface area contributed by atoms with Crippen LogP contribution in [0.25, 0.3) is 5.57 Å². The number of nitrogens with one attached hydrogen (secondary N) is 1. The van der Waals surface area contributed by atoms with Crippen molar-refractivity contribution in [2.45, 2.75) is 65.2 Å². The first-order valence-electron chi connectivity index (χ1n) is 10.5. The molecule has 0 radical (unpaired) electrons. The number of nitrogens with zero attached hydrogens (tertiary/aromatic N) is 1. The SMILES string of the molecule is CC1=N/C(=C(/c2ccccc2)c2[nH]c(C)c3c2CCCC3)C2=C1CCCC2. The zero-order valence-electron chi connectivity index (χ0n) is 16.5. The number of fused-ring (bicyclic) bond motifs is 1. The van der Waals surface area contributed by atoms with Gasteiger partial charge in [0.2, 0.25) is 0 Å². The van der Waals surface area contributed by atoms with Gasteiger partial charge in [-0.05, 0) is 93.1 Å². The second kappa shape index (κ2) is 6.67. The first-order valence-corrected chi connectivity index (χ1v) is 10.5. The van der Waals surface area contributed by atoms with Gasteiger partial charge in [-0.2, -0.15) is 0 Å². The number of hydrogen-bond donors (Lipinski definition) is 1. The molecule has 0 atom stereocenters. The minimum atomic E-state index is 1.17. The third-order valence-electron chi connectivity index (χ3n) is 6.55. The number of aromatic amines is 1. The van der Waals surface area contributed by atoms with E-state index < -0.39 is 0 Å². The van der Waals surface area contributed by atoms with Gasteiger partial charge in [0.15, 0.2) is 0 Å². The summed E-state index contributed by atoms with van der Waals surface area (Å²) in [6.45, 7) is 4.45. The van der Waals surface area contributed by atoms with Crippen LogP contribution in [0.3, 0.4) is 0 Å². The maximum atomic E-state index is 5.15. The van der Waals surface area contributed by atoms with Crippen LogP contribution in [0, 0.1) is 6.92 Å². The molecule has 5 rings (SSSR count). The van der Waals surface area contributed by atoms with Crippen LogP contribution >= 0.6 is 0 Å². The number of hydrogen-bond acceptors (Lipinski definition) is 1. The van der Waals surface area contributed by atoms with E-state index in [0.29, 0.717) is 0 Å². The summed E-state index contributed by atoms with van der Waals surface area (Å²) < 4.78 is 0. The molecule has 1 aromatic heterocycles. The molecule has 0 amide bonds. The lowest BCUT2D eigenvalue weighted by Crippen LogP contribution is -2.05. The average Bonchev–Trinajstić information content (AvgIpc) is 3.22. The Balaban J connectivity index is 1.79. The van der Waals surface area contributed by atoms with E-state index in [2.05, 4.69) is 49.2 Å². The fourth-order valence-corrected chi connectivity index (χ4v) is 5.23. The summed E-state index contributed by atoms with van der Waals surface area (Å²) in [5.41, 5.74) is 13.9. The van der Waals surface area contributed by atoms with Crippen molar-refractivity contribution in [3.8, 4) is 0 Å². The van der Waals surface area contributed by atoms with Crippen LogP contribution in [0.4, 0.5) is 0 Å². The van der Waals surface area contributed by atoms with E-state index in [0.717, 1.165) is 0 Å². The predicted molar refractivity (Wildman–Crippen MR) is 113 cm³/mol. The second-order valence-electron chi connectivity index (χ2n) is 8.24. The molecule has 0 saturated carbocycles. The van der Waals surface area contributed by atoms with Crippen LogP contribution in [0.5, 0.6) is 0 Å². The fourth-order valence-electron chi connectivity index (χ4n) is 5.23. The van der Waals surface area contributed by atoms with Crippen LogP contribution in [-0.2, 0) is 12.8 Å². The Kier molecular flexibility index (Phi) is 4.15. The van der Waals surface area contributed by atoms with Crippen LogP contribution in [0.1, 0.15) is 73.5 Å². The molecule has 3 aliphatic rings. The Hall–Kier alpha value is -2.35. The molecule has 1 aliphatic heterocycles. The number of aromatic nitrogens is 1. The lowest BCUT2D eigenvalue weighted by atomic mass is 9.85. The summed E-state index contributed by atoms with van der Waals surface area (Å²) in [6, 6.07) is 10.9. The molecule has 0 saturated heterocycles. The number of benzene rings is 1. The third-order valence-corrected chi connectivity index (χ3v) is 6.55. The summed E-state index contributed by atoms with van der Waals surface area (Å²) in [4.78, 5) is 8.94. The summed E-state index contributed by atoms with van der Waals surface area (Å²) in [6.07, 6.45) is 9.96. The van der Waals surface area contributed by atoms with E-state index in [1.54, 1.807) is 11.1 Å². The Morgan fingerprint density at radius 1 is 0.815 bits per heavy atom. The van der Waals surface area contributed by atoms with Crippen molar-refractivity contribution in [3.63, 3.8) is 0 Å². The molecule has 2 heteroatoms. The molecule has 0 fully saturated rings. The largest absolute Gasteiger partial charge is 0.358 e. The monoisotopic (exact) mass is 356 g/mol. The summed E-state index contributed by atoms with van der Waals surface area (Å²) in [7, 11) is 0. The molecule has 0 bridgehead atoms. The topological polar surface area (TPSA) is 28.1 Å². The molecular weight excluding hydrogens is 328 g/mol. The molecule has 27 heavy (non-hydrogen) atoms. The smallest absolute Gasteiger partial charge is 0.0767 e. The van der Waals surface area contributed by atoms with Crippen molar-refractivity contribution in [1.29, 1.82) is 0 Å². The Morgan fingerprint density at radius 3 is 2.26 bits per heavy atom. The minimum absolute atomic E-state index is 1.17. The van der Waals surface area contributed by atoms with Gasteiger partial charge in [-0.15, -0.1) is 0 Å². The fraction of sp³-hybridized carbons (Fsp3) is 0.400. The first-order chi connectivity index (χ1) is 13.2. The van der Waals surface area contributed by atoms with Gasteiger partial charge >= 0.3 is 0 Å². The zero-order chi connectivity index (χ0) is 18.4. The standard InChI is InChI=1S/C25H28N2/c1-16-19-12-6-8-14-21(19)24(26-16)23(18-10-4-3-5-11-18)25-22-15-9-7-13-20(22)17(2)27-25/h3-5,10-11,26H,6-9,12-15H2,1-2H3/b25-23-. The highest BCUT2D eigenvalue weighted by Crippen LogP contribution is 2.43. The summed E-state index contributed by atoms with van der Waals surface area (Å²) in [5, 5.41) is 0. The molecule has 0 spiro atoms. The Labute approximate surface area is 162 Å². The molecule has 0 unspecified atom stereocenters. The van der Waals surface area contributed by atoms with Crippen molar-refractivity contribution >= 4 is 11.3 Å². The molecule has 2 nitrogen and oxygen atoms in total. The van der Waals surface area contributed by atoms with Crippen LogP contribution in [-0.4, -0.2) is 10.7 Å². The maximum absolute atomic E-state index is 5.15. The average molecular weight is 357 g/mol. The Bertz CT molecular complexity index is 983. The van der Waals surface area contributed by atoms with Gasteiger partial charge in [-0.25, -0.2) is 0 Å². The van der Waals surface area contributed by atoms with Crippen molar-refractivity contribution in [1.82, 2.24) is 4.98 Å². The van der Waals surface area contributed by atoms with E-state index in [1.165, 1.54) is 96.4 Å². The van der Waals surface area contributed by atoms with Crippen LogP contribution in [0.2, 0.25) is 0 Å². The Morgan fingerprint density at radius 2 is 1.48 bits per heavy atom. The van der Waals surface area contributed by atoms with Gasteiger partial charge in [-0.1, -0.05) is 30.3 Å². The van der Waals surface area contributed by atoms with Crippen molar-refractivity contribution in [2.24, 2.45) is 4.99 Å². The second-order valence-corrected chi connectivity index (χ2v) is 8.24. The molecule has 2 heterocycles. The van der Waals surface area contributed by atoms with E-state index in [4.69, 9.17) is 4.99 Å². The third kappa shape index (κ3) is 2.74. The maximum Gasteiger partial charge on any atom is 0.0767 e. The quantitative estimate of drug-likeness (QED) is 0.653. The normalized spacial score (nSPS) is 21.0. The number of aryl methyl sites for hydroxylation is 1. The summed E-state index contributed by atoms with van der Waals surface area (Å²) >= 11 is 0. The van der Waals surface area contributed by atoms with Gasteiger partial charge in [0.05, 0.1) is 11.4 Å². The van der Waals surface area contributed by atoms with Gasteiger partial charge < -0.3 is 4.98 Å². The molecule has 1 aromatic carbocycles. The molecule has 2 aromatic rings. The lowest BCUT2D eigenvalue weighted by molar-refractivity contribution is 0.686. The van der Waals surface area contributed by atoms with Crippen molar-refractivity contribution in [3.05, 3.63) is 75.3 Å². The highest BCUT2D eigenvalue weighted by atomic mass is 14.8. The number of aliphatic imine (C=N–C) groups is 1. The number of H-pyrrole nitrogens is 1. The predicted octanol–water partition coefficient (Wildman–Crippen LogP) is 6.31. The molecule has 1 N–H and O–H groups in total. The van der Waals surface area contributed by atoms with Crippen LogP contribution < -0.4 is 0 Å². The van der Waals surface area contributed by atoms with E-state index in [9.17, 15) is 0 Å². The number of allylic oxidation sites excluding steroid dienone is 2. The van der Waals surface area contributed by atoms with E-state index >= 15 is 0 Å². The van der Waals surface area contributed by atoms with Crippen molar-refractivity contribution in [2.75, 3.05) is 0 Å². The highest BCUT2D eigenvalue weighted by Gasteiger charge is 2.29. The molecular formula is C25H28N2. The van der Waals surface area contributed by atoms with E-state index in [1.807, 2.05) is 0 Å². The molecule has 2 aliphatic carbocycles. The van der Waals surface area contributed by atoms with Gasteiger partial charge in [0.1, 0.15) is 0 Å². The van der Waals surface area contributed by atoms with Crippen molar-refractivity contribution < 1.29 is 0 Å². The van der Waals surface area contributed by atoms with Gasteiger partial charge in [0.25, 0.3) is 0 Å². The summed E-state index contributed by atoms with van der Waals surface area (Å²) in [5.74, 6) is 0. The first kappa shape index (κ1) is 16.8.